The van der Waals surface area contributed by atoms with Gasteiger partial charge in [-0.1, -0.05) is 12.2 Å². The Hall–Kier alpha value is -0.800. The van der Waals surface area contributed by atoms with E-state index in [-0.39, 0.29) is 0 Å². The van der Waals surface area contributed by atoms with E-state index in [9.17, 15) is 0 Å². The molecule has 1 aliphatic heterocycles. The predicted molar refractivity (Wildman–Crippen MR) is 66.3 cm³/mol. The lowest BCUT2D eigenvalue weighted by molar-refractivity contribution is 0.00303. The van der Waals surface area contributed by atoms with Gasteiger partial charge in [-0.25, -0.2) is 0 Å². The number of hydrogen-bond acceptors (Lipinski definition) is 3. The van der Waals surface area contributed by atoms with Crippen molar-refractivity contribution in [3.8, 4) is 0 Å². The molecule has 0 aromatic rings. The molecule has 1 atom stereocenters. The SMILES string of the molecule is CN(C)CC1COCCN1C1=CCCC=C1. The van der Waals surface area contributed by atoms with E-state index in [0.29, 0.717) is 6.04 Å². The first-order valence-corrected chi connectivity index (χ1v) is 6.13. The van der Waals surface area contributed by atoms with Crippen LogP contribution in [0.25, 0.3) is 0 Å². The Morgan fingerprint density at radius 2 is 2.31 bits per heavy atom. The second-order valence-corrected chi connectivity index (χ2v) is 4.79. The average molecular weight is 222 g/mol. The van der Waals surface area contributed by atoms with E-state index in [4.69, 9.17) is 4.74 Å². The number of nitrogens with zero attached hydrogens (tertiary/aromatic N) is 2. The molecule has 0 amide bonds. The van der Waals surface area contributed by atoms with Crippen molar-refractivity contribution in [2.24, 2.45) is 0 Å². The van der Waals surface area contributed by atoms with Crippen molar-refractivity contribution in [3.05, 3.63) is 23.9 Å². The summed E-state index contributed by atoms with van der Waals surface area (Å²) in [4.78, 5) is 4.73. The van der Waals surface area contributed by atoms with Gasteiger partial charge in [-0.3, -0.25) is 0 Å². The van der Waals surface area contributed by atoms with Gasteiger partial charge in [0.1, 0.15) is 0 Å². The molecule has 0 saturated carbocycles. The van der Waals surface area contributed by atoms with Gasteiger partial charge in [-0.15, -0.1) is 0 Å². The van der Waals surface area contributed by atoms with E-state index in [1.165, 1.54) is 18.5 Å². The Morgan fingerprint density at radius 1 is 1.44 bits per heavy atom. The van der Waals surface area contributed by atoms with Crippen LogP contribution < -0.4 is 0 Å². The van der Waals surface area contributed by atoms with Gasteiger partial charge in [0.25, 0.3) is 0 Å². The second kappa shape index (κ2) is 5.51. The maximum absolute atomic E-state index is 5.58. The first-order chi connectivity index (χ1) is 7.77. The molecule has 1 saturated heterocycles. The fourth-order valence-electron chi connectivity index (χ4n) is 2.38. The van der Waals surface area contributed by atoms with Crippen LogP contribution in [0, 0.1) is 0 Å². The quantitative estimate of drug-likeness (QED) is 0.719. The molecule has 1 unspecified atom stereocenters. The summed E-state index contributed by atoms with van der Waals surface area (Å²) in [6.07, 6.45) is 9.26. The smallest absolute Gasteiger partial charge is 0.0683 e. The number of hydrogen-bond donors (Lipinski definition) is 0. The number of likely N-dealkylation sites (N-methyl/N-ethyl adjacent to an activating group) is 1. The van der Waals surface area contributed by atoms with Crippen molar-refractivity contribution in [1.29, 1.82) is 0 Å². The standard InChI is InChI=1S/C13H22N2O/c1-14(2)10-13-11-16-9-8-15(13)12-6-4-3-5-7-12/h4,6-7,13H,3,5,8-11H2,1-2H3. The normalized spacial score (nSPS) is 26.1. The first-order valence-electron chi connectivity index (χ1n) is 6.13. The van der Waals surface area contributed by atoms with Crippen LogP contribution in [0.2, 0.25) is 0 Å². The van der Waals surface area contributed by atoms with Crippen molar-refractivity contribution in [1.82, 2.24) is 9.80 Å². The Morgan fingerprint density at radius 3 is 3.00 bits per heavy atom. The van der Waals surface area contributed by atoms with Crippen molar-refractivity contribution in [2.75, 3.05) is 40.4 Å². The summed E-state index contributed by atoms with van der Waals surface area (Å²) in [5, 5.41) is 0. The van der Waals surface area contributed by atoms with Crippen LogP contribution >= 0.6 is 0 Å². The molecule has 3 nitrogen and oxygen atoms in total. The van der Waals surface area contributed by atoms with Gasteiger partial charge in [0.05, 0.1) is 19.3 Å². The van der Waals surface area contributed by atoms with Crippen LogP contribution in [0.5, 0.6) is 0 Å². The third-order valence-corrected chi connectivity index (χ3v) is 3.11. The molecule has 0 aromatic carbocycles. The van der Waals surface area contributed by atoms with Crippen molar-refractivity contribution >= 4 is 0 Å². The molecule has 0 bridgehead atoms. The maximum Gasteiger partial charge on any atom is 0.0683 e. The highest BCUT2D eigenvalue weighted by Gasteiger charge is 2.24. The van der Waals surface area contributed by atoms with E-state index >= 15 is 0 Å². The Balaban J connectivity index is 2.03. The molecular weight excluding hydrogens is 200 g/mol. The molecule has 0 N–H and O–H groups in total. The van der Waals surface area contributed by atoms with E-state index in [2.05, 4.69) is 42.1 Å². The lowest BCUT2D eigenvalue weighted by Gasteiger charge is -2.39. The van der Waals surface area contributed by atoms with Crippen molar-refractivity contribution in [2.45, 2.75) is 18.9 Å². The van der Waals surface area contributed by atoms with E-state index in [1.807, 2.05) is 0 Å². The first kappa shape index (κ1) is 11.7. The van der Waals surface area contributed by atoms with Crippen LogP contribution in [0.4, 0.5) is 0 Å². The Labute approximate surface area is 98.4 Å². The van der Waals surface area contributed by atoms with Crippen LogP contribution in [-0.4, -0.2) is 56.2 Å². The van der Waals surface area contributed by atoms with Gasteiger partial charge in [0.2, 0.25) is 0 Å². The minimum absolute atomic E-state index is 0.498. The fraction of sp³-hybridized carbons (Fsp3) is 0.692. The van der Waals surface area contributed by atoms with Gasteiger partial charge in [0.15, 0.2) is 0 Å². The summed E-state index contributed by atoms with van der Waals surface area (Å²) in [6, 6.07) is 0.498. The molecule has 1 aliphatic carbocycles. The van der Waals surface area contributed by atoms with Crippen molar-refractivity contribution in [3.63, 3.8) is 0 Å². The summed E-state index contributed by atoms with van der Waals surface area (Å²) >= 11 is 0. The van der Waals surface area contributed by atoms with Crippen LogP contribution in [0.1, 0.15) is 12.8 Å². The summed E-state index contributed by atoms with van der Waals surface area (Å²) < 4.78 is 5.58. The molecule has 16 heavy (non-hydrogen) atoms. The highest BCUT2D eigenvalue weighted by molar-refractivity contribution is 5.22. The lowest BCUT2D eigenvalue weighted by atomic mass is 10.1. The summed E-state index contributed by atoms with van der Waals surface area (Å²) in [6.45, 7) is 3.79. The molecule has 0 spiro atoms. The number of ether oxygens (including phenoxy) is 1. The molecule has 2 rings (SSSR count). The monoisotopic (exact) mass is 222 g/mol. The Kier molecular flexibility index (Phi) is 4.02. The zero-order valence-electron chi connectivity index (χ0n) is 10.4. The van der Waals surface area contributed by atoms with E-state index < -0.39 is 0 Å². The molecule has 0 radical (unpaired) electrons. The van der Waals surface area contributed by atoms with Crippen LogP contribution in [0.3, 0.4) is 0 Å². The minimum Gasteiger partial charge on any atom is -0.377 e. The van der Waals surface area contributed by atoms with Gasteiger partial charge in [0, 0.05) is 18.8 Å². The third kappa shape index (κ3) is 2.86. The predicted octanol–water partition coefficient (Wildman–Crippen LogP) is 1.48. The highest BCUT2D eigenvalue weighted by atomic mass is 16.5. The number of rotatable bonds is 3. The second-order valence-electron chi connectivity index (χ2n) is 4.79. The van der Waals surface area contributed by atoms with Crippen LogP contribution in [-0.2, 0) is 4.74 Å². The molecular formula is C13H22N2O. The van der Waals surface area contributed by atoms with Crippen molar-refractivity contribution < 1.29 is 4.74 Å². The molecule has 1 fully saturated rings. The van der Waals surface area contributed by atoms with Gasteiger partial charge < -0.3 is 14.5 Å². The van der Waals surface area contributed by atoms with Gasteiger partial charge in [-0.05, 0) is 33.0 Å². The van der Waals surface area contributed by atoms with Gasteiger partial charge >= 0.3 is 0 Å². The largest absolute Gasteiger partial charge is 0.377 e. The minimum atomic E-state index is 0.498. The summed E-state index contributed by atoms with van der Waals surface area (Å²) in [7, 11) is 4.25. The molecule has 2 aliphatic rings. The van der Waals surface area contributed by atoms with E-state index in [1.54, 1.807) is 0 Å². The summed E-state index contributed by atoms with van der Waals surface area (Å²) in [5.74, 6) is 0. The highest BCUT2D eigenvalue weighted by Crippen LogP contribution is 2.19. The lowest BCUT2D eigenvalue weighted by Crippen LogP contribution is -2.49. The maximum atomic E-state index is 5.58. The third-order valence-electron chi connectivity index (χ3n) is 3.11. The van der Waals surface area contributed by atoms with Gasteiger partial charge in [-0.2, -0.15) is 0 Å². The zero-order chi connectivity index (χ0) is 11.4. The van der Waals surface area contributed by atoms with E-state index in [0.717, 1.165) is 26.3 Å². The van der Waals surface area contributed by atoms with Crippen LogP contribution in [0.15, 0.2) is 23.9 Å². The molecule has 3 heteroatoms. The molecule has 0 aromatic heterocycles. The topological polar surface area (TPSA) is 15.7 Å². The average Bonchev–Trinajstić information content (AvgIpc) is 2.30. The Bertz CT molecular complexity index is 284. The number of morpholine rings is 1. The summed E-state index contributed by atoms with van der Waals surface area (Å²) in [5.41, 5.74) is 1.39. The number of allylic oxidation sites excluding steroid dienone is 3. The zero-order valence-corrected chi connectivity index (χ0v) is 10.4. The molecule has 1 heterocycles. The molecule has 90 valence electrons. The fourth-order valence-corrected chi connectivity index (χ4v) is 2.38.